The summed E-state index contributed by atoms with van der Waals surface area (Å²) < 4.78 is 26.7. The summed E-state index contributed by atoms with van der Waals surface area (Å²) in [7, 11) is 0. The number of anilines is 1. The molecule has 1 aromatic carbocycles. The molecule has 0 amide bonds. The van der Waals surface area contributed by atoms with Crippen molar-refractivity contribution < 1.29 is 8.78 Å². The first kappa shape index (κ1) is 12.9. The van der Waals surface area contributed by atoms with Crippen molar-refractivity contribution in [1.29, 1.82) is 0 Å². The van der Waals surface area contributed by atoms with Gasteiger partial charge in [0.1, 0.15) is 23.3 Å². The van der Waals surface area contributed by atoms with E-state index in [9.17, 15) is 8.78 Å². The Morgan fingerprint density at radius 1 is 1.17 bits per heavy atom. The van der Waals surface area contributed by atoms with Crippen molar-refractivity contribution in [2.45, 2.75) is 13.3 Å². The van der Waals surface area contributed by atoms with Gasteiger partial charge in [-0.1, -0.05) is 0 Å². The van der Waals surface area contributed by atoms with Gasteiger partial charge in [0.15, 0.2) is 0 Å². The maximum absolute atomic E-state index is 13.0. The van der Waals surface area contributed by atoms with Gasteiger partial charge in [-0.3, -0.25) is 0 Å². The molecule has 0 saturated carbocycles. The second-order valence-electron chi connectivity index (χ2n) is 3.88. The van der Waals surface area contributed by atoms with Gasteiger partial charge in [0, 0.05) is 12.5 Å². The lowest BCUT2D eigenvalue weighted by molar-refractivity contribution is 0.580. The zero-order valence-corrected chi connectivity index (χ0v) is 11.1. The molecule has 0 atom stereocenters. The van der Waals surface area contributed by atoms with E-state index in [-0.39, 0.29) is 6.42 Å². The number of halogens is 3. The van der Waals surface area contributed by atoms with E-state index in [1.807, 2.05) is 0 Å². The summed E-state index contributed by atoms with van der Waals surface area (Å²) in [5.41, 5.74) is 6.84. The van der Waals surface area contributed by atoms with Crippen LogP contribution in [0.4, 0.5) is 14.6 Å². The molecule has 0 fully saturated rings. The summed E-state index contributed by atoms with van der Waals surface area (Å²) in [6, 6.07) is 3.32. The zero-order chi connectivity index (χ0) is 13.3. The van der Waals surface area contributed by atoms with Crippen LogP contribution in [0.15, 0.2) is 22.7 Å². The molecule has 0 spiro atoms. The fraction of sp³-hybridized carbons (Fsp3) is 0.167. The summed E-state index contributed by atoms with van der Waals surface area (Å²) in [6.45, 7) is 1.78. The normalized spacial score (nSPS) is 10.7. The van der Waals surface area contributed by atoms with Crippen LogP contribution in [-0.4, -0.2) is 9.97 Å². The number of nitrogen functional groups attached to an aromatic ring is 1. The number of hydrogen-bond donors (Lipinski definition) is 1. The molecule has 0 bridgehead atoms. The first-order chi connectivity index (χ1) is 8.45. The van der Waals surface area contributed by atoms with E-state index in [1.165, 1.54) is 12.1 Å². The van der Waals surface area contributed by atoms with Gasteiger partial charge in [-0.15, -0.1) is 0 Å². The fourth-order valence-electron chi connectivity index (χ4n) is 1.62. The SMILES string of the molecule is Cc1nc(Cc2cc(F)cc(F)c2)nc(N)c1Br. The standard InChI is InChI=1S/C12H10BrF2N3/c1-6-11(13)12(16)18-10(17-6)4-7-2-8(14)5-9(15)3-7/h2-3,5H,4H2,1H3,(H2,16,17,18). The van der Waals surface area contributed by atoms with Crippen LogP contribution in [0.5, 0.6) is 0 Å². The molecule has 0 aliphatic rings. The number of rotatable bonds is 2. The molecule has 94 valence electrons. The van der Waals surface area contributed by atoms with Crippen molar-refractivity contribution in [1.82, 2.24) is 9.97 Å². The smallest absolute Gasteiger partial charge is 0.141 e. The topological polar surface area (TPSA) is 51.8 Å². The molecule has 18 heavy (non-hydrogen) atoms. The number of aromatic nitrogens is 2. The molecule has 1 aromatic heterocycles. The van der Waals surface area contributed by atoms with Crippen LogP contribution >= 0.6 is 15.9 Å². The van der Waals surface area contributed by atoms with E-state index in [0.717, 1.165) is 6.07 Å². The van der Waals surface area contributed by atoms with E-state index in [0.29, 0.717) is 27.4 Å². The Bertz CT molecular complexity index is 559. The molecule has 6 heteroatoms. The maximum Gasteiger partial charge on any atom is 0.141 e. The molecular weight excluding hydrogens is 304 g/mol. The van der Waals surface area contributed by atoms with Gasteiger partial charge in [-0.25, -0.2) is 18.7 Å². The Labute approximate surface area is 111 Å². The zero-order valence-electron chi connectivity index (χ0n) is 9.54. The Morgan fingerprint density at radius 3 is 2.33 bits per heavy atom. The van der Waals surface area contributed by atoms with Gasteiger partial charge < -0.3 is 5.73 Å². The average Bonchev–Trinajstić information content (AvgIpc) is 2.24. The van der Waals surface area contributed by atoms with Crippen LogP contribution in [0.1, 0.15) is 17.1 Å². The summed E-state index contributed by atoms with van der Waals surface area (Å²) in [4.78, 5) is 8.27. The third-order valence-electron chi connectivity index (χ3n) is 2.37. The number of nitrogens with two attached hydrogens (primary N) is 1. The third kappa shape index (κ3) is 2.81. The van der Waals surface area contributed by atoms with Crippen LogP contribution in [0.3, 0.4) is 0 Å². The summed E-state index contributed by atoms with van der Waals surface area (Å²) in [5, 5.41) is 0. The van der Waals surface area contributed by atoms with E-state index < -0.39 is 11.6 Å². The Kier molecular flexibility index (Phi) is 3.56. The predicted molar refractivity (Wildman–Crippen MR) is 68.0 cm³/mol. The molecule has 0 unspecified atom stereocenters. The van der Waals surface area contributed by atoms with E-state index in [4.69, 9.17) is 5.73 Å². The lowest BCUT2D eigenvalue weighted by Crippen LogP contribution is -2.04. The molecule has 0 aliphatic carbocycles. The Balaban J connectivity index is 2.34. The fourth-order valence-corrected chi connectivity index (χ4v) is 1.79. The molecule has 0 radical (unpaired) electrons. The first-order valence-electron chi connectivity index (χ1n) is 5.19. The van der Waals surface area contributed by atoms with Crippen molar-refractivity contribution in [2.75, 3.05) is 5.73 Å². The summed E-state index contributed by atoms with van der Waals surface area (Å²) in [5.74, 6) is -0.494. The van der Waals surface area contributed by atoms with Crippen molar-refractivity contribution in [3.63, 3.8) is 0 Å². The largest absolute Gasteiger partial charge is 0.383 e. The van der Waals surface area contributed by atoms with E-state index in [2.05, 4.69) is 25.9 Å². The minimum Gasteiger partial charge on any atom is -0.383 e. The summed E-state index contributed by atoms with van der Waals surface area (Å²) in [6.07, 6.45) is 0.229. The quantitative estimate of drug-likeness (QED) is 0.927. The molecule has 0 aliphatic heterocycles. The number of aryl methyl sites for hydroxylation is 1. The second-order valence-corrected chi connectivity index (χ2v) is 4.67. The Hall–Kier alpha value is -1.56. The van der Waals surface area contributed by atoms with Gasteiger partial charge in [0.05, 0.1) is 10.2 Å². The van der Waals surface area contributed by atoms with Crippen LogP contribution < -0.4 is 5.73 Å². The Morgan fingerprint density at radius 2 is 1.78 bits per heavy atom. The van der Waals surface area contributed by atoms with Crippen molar-refractivity contribution in [3.05, 3.63) is 51.4 Å². The number of benzene rings is 1. The summed E-state index contributed by atoms with van der Waals surface area (Å²) >= 11 is 3.25. The highest BCUT2D eigenvalue weighted by molar-refractivity contribution is 9.10. The minimum absolute atomic E-state index is 0.229. The monoisotopic (exact) mass is 313 g/mol. The average molecular weight is 314 g/mol. The van der Waals surface area contributed by atoms with Crippen molar-refractivity contribution >= 4 is 21.7 Å². The highest BCUT2D eigenvalue weighted by atomic mass is 79.9. The maximum atomic E-state index is 13.0. The minimum atomic E-state index is -0.619. The van der Waals surface area contributed by atoms with Crippen LogP contribution in [0, 0.1) is 18.6 Å². The highest BCUT2D eigenvalue weighted by Crippen LogP contribution is 2.21. The molecule has 2 rings (SSSR count). The van der Waals surface area contributed by atoms with Crippen molar-refractivity contribution in [3.8, 4) is 0 Å². The molecule has 1 heterocycles. The van der Waals surface area contributed by atoms with Crippen LogP contribution in [0.2, 0.25) is 0 Å². The number of hydrogen-bond acceptors (Lipinski definition) is 3. The lowest BCUT2D eigenvalue weighted by Gasteiger charge is -2.06. The molecule has 0 saturated heterocycles. The molecule has 3 nitrogen and oxygen atoms in total. The van der Waals surface area contributed by atoms with Gasteiger partial charge in [-0.2, -0.15) is 0 Å². The molecule has 2 aromatic rings. The van der Waals surface area contributed by atoms with E-state index >= 15 is 0 Å². The predicted octanol–water partition coefficient (Wildman–Crippen LogP) is 3.00. The van der Waals surface area contributed by atoms with Gasteiger partial charge in [-0.05, 0) is 40.5 Å². The van der Waals surface area contributed by atoms with Gasteiger partial charge in [0.2, 0.25) is 0 Å². The van der Waals surface area contributed by atoms with Crippen molar-refractivity contribution in [2.24, 2.45) is 0 Å². The van der Waals surface area contributed by atoms with Gasteiger partial charge in [0.25, 0.3) is 0 Å². The number of nitrogens with zero attached hydrogens (tertiary/aromatic N) is 2. The highest BCUT2D eigenvalue weighted by Gasteiger charge is 2.08. The lowest BCUT2D eigenvalue weighted by atomic mass is 10.1. The van der Waals surface area contributed by atoms with Crippen LogP contribution in [0.25, 0.3) is 0 Å². The first-order valence-corrected chi connectivity index (χ1v) is 5.98. The second kappa shape index (κ2) is 4.97. The van der Waals surface area contributed by atoms with Gasteiger partial charge >= 0.3 is 0 Å². The van der Waals surface area contributed by atoms with E-state index in [1.54, 1.807) is 6.92 Å². The van der Waals surface area contributed by atoms with Crippen LogP contribution in [-0.2, 0) is 6.42 Å². The third-order valence-corrected chi connectivity index (χ3v) is 3.35. The molecule has 2 N–H and O–H groups in total. The molecular formula is C12H10BrF2N3.